The van der Waals surface area contributed by atoms with Gasteiger partial charge in [-0.05, 0) is 73.9 Å². The summed E-state index contributed by atoms with van der Waals surface area (Å²) < 4.78 is 5.83. The van der Waals surface area contributed by atoms with Crippen molar-refractivity contribution >= 4 is 11.6 Å². The first-order valence-corrected chi connectivity index (χ1v) is 10.9. The van der Waals surface area contributed by atoms with Crippen LogP contribution in [0.3, 0.4) is 0 Å². The Morgan fingerprint density at radius 1 is 1.10 bits per heavy atom. The van der Waals surface area contributed by atoms with Gasteiger partial charge in [-0.2, -0.15) is 0 Å². The molecule has 0 aromatic heterocycles. The lowest BCUT2D eigenvalue weighted by Crippen LogP contribution is -2.45. The van der Waals surface area contributed by atoms with E-state index in [1.807, 2.05) is 0 Å². The van der Waals surface area contributed by atoms with Gasteiger partial charge in [0.05, 0.1) is 6.61 Å². The smallest absolute Gasteiger partial charge is 0.217 e. The highest BCUT2D eigenvalue weighted by molar-refractivity contribution is 5.73. The van der Waals surface area contributed by atoms with Crippen molar-refractivity contribution in [2.24, 2.45) is 5.92 Å². The molecule has 0 spiro atoms. The molecule has 0 radical (unpaired) electrons. The minimum Gasteiger partial charge on any atom is -0.493 e. The summed E-state index contributed by atoms with van der Waals surface area (Å²) in [5.41, 5.74) is 4.04. The summed E-state index contributed by atoms with van der Waals surface area (Å²) in [6, 6.07) is 17.8. The number of ether oxygens (including phenoxy) is 1. The van der Waals surface area contributed by atoms with Crippen LogP contribution in [0.15, 0.2) is 48.5 Å². The number of nitrogens with zero attached hydrogens (tertiary/aromatic N) is 1. The predicted molar refractivity (Wildman–Crippen MR) is 118 cm³/mol. The quantitative estimate of drug-likeness (QED) is 0.681. The molecule has 1 saturated heterocycles. The van der Waals surface area contributed by atoms with E-state index in [0.717, 1.165) is 44.2 Å². The molecule has 1 N–H and O–H groups in total. The van der Waals surface area contributed by atoms with Gasteiger partial charge in [-0.3, -0.25) is 4.79 Å². The Bertz CT molecular complexity index is 806. The van der Waals surface area contributed by atoms with Crippen molar-refractivity contribution in [2.75, 3.05) is 24.6 Å². The first-order chi connectivity index (χ1) is 14.1. The minimum absolute atomic E-state index is 0.0443. The number of aryl methyl sites for hydroxylation is 1. The number of rotatable bonds is 9. The molecule has 2 aromatic carbocycles. The molecule has 29 heavy (non-hydrogen) atoms. The maximum atomic E-state index is 11.1. The highest BCUT2D eigenvalue weighted by Gasteiger charge is 2.28. The molecule has 2 fully saturated rings. The zero-order valence-electron chi connectivity index (χ0n) is 17.6. The van der Waals surface area contributed by atoms with E-state index in [-0.39, 0.29) is 11.9 Å². The topological polar surface area (TPSA) is 41.6 Å². The predicted octanol–water partition coefficient (Wildman–Crippen LogP) is 4.54. The first-order valence-electron chi connectivity index (χ1n) is 10.9. The number of nitrogens with one attached hydrogen (secondary N) is 1. The second-order valence-corrected chi connectivity index (χ2v) is 8.73. The standard InChI is InChI=1S/C25H32N2O2/c1-18(26-19(2)28)3-4-20-7-9-22(10-8-20)23-15-27(16-23)24-11-13-25(14-12-24)29-17-21-5-6-21/h7-14,18,21,23H,3-6,15-17H2,1-2H3,(H,26,28). The van der Waals surface area contributed by atoms with Crippen molar-refractivity contribution in [1.29, 1.82) is 0 Å². The van der Waals surface area contributed by atoms with E-state index in [2.05, 4.69) is 65.7 Å². The van der Waals surface area contributed by atoms with Gasteiger partial charge in [0, 0.05) is 37.7 Å². The van der Waals surface area contributed by atoms with E-state index in [4.69, 9.17) is 4.74 Å². The Hall–Kier alpha value is -2.49. The molecule has 4 rings (SSSR count). The number of benzene rings is 2. The van der Waals surface area contributed by atoms with E-state index in [9.17, 15) is 4.79 Å². The Morgan fingerprint density at radius 3 is 2.41 bits per heavy atom. The summed E-state index contributed by atoms with van der Waals surface area (Å²) in [6.07, 6.45) is 4.61. The molecular formula is C25H32N2O2. The SMILES string of the molecule is CC(=O)NC(C)CCc1ccc(C2CN(c3ccc(OCC4CC4)cc3)C2)cc1. The average molecular weight is 393 g/mol. The van der Waals surface area contributed by atoms with Gasteiger partial charge < -0.3 is 15.0 Å². The van der Waals surface area contributed by atoms with E-state index in [1.54, 1.807) is 6.92 Å². The normalized spacial score (nSPS) is 17.5. The molecule has 154 valence electrons. The van der Waals surface area contributed by atoms with Crippen molar-refractivity contribution in [3.63, 3.8) is 0 Å². The summed E-state index contributed by atoms with van der Waals surface area (Å²) in [5, 5.41) is 2.95. The maximum Gasteiger partial charge on any atom is 0.217 e. The molecule has 1 amide bonds. The van der Waals surface area contributed by atoms with Crippen molar-refractivity contribution in [1.82, 2.24) is 5.32 Å². The van der Waals surface area contributed by atoms with Gasteiger partial charge in [0.1, 0.15) is 5.75 Å². The summed E-state index contributed by atoms with van der Waals surface area (Å²) in [4.78, 5) is 13.5. The van der Waals surface area contributed by atoms with E-state index < -0.39 is 0 Å². The van der Waals surface area contributed by atoms with Crippen molar-refractivity contribution in [3.8, 4) is 5.75 Å². The lowest BCUT2D eigenvalue weighted by atomic mass is 9.90. The Morgan fingerprint density at radius 2 is 1.79 bits per heavy atom. The zero-order chi connectivity index (χ0) is 20.2. The van der Waals surface area contributed by atoms with Crippen LogP contribution in [0.1, 0.15) is 50.2 Å². The van der Waals surface area contributed by atoms with Crippen LogP contribution >= 0.6 is 0 Å². The van der Waals surface area contributed by atoms with E-state index in [0.29, 0.717) is 5.92 Å². The molecule has 1 saturated carbocycles. The zero-order valence-corrected chi connectivity index (χ0v) is 17.6. The lowest BCUT2D eigenvalue weighted by molar-refractivity contribution is -0.119. The third kappa shape index (κ3) is 5.53. The van der Waals surface area contributed by atoms with Crippen molar-refractivity contribution in [2.45, 2.75) is 51.5 Å². The highest BCUT2D eigenvalue weighted by Crippen LogP contribution is 2.33. The highest BCUT2D eigenvalue weighted by atomic mass is 16.5. The van der Waals surface area contributed by atoms with Gasteiger partial charge in [0.15, 0.2) is 0 Å². The lowest BCUT2D eigenvalue weighted by Gasteiger charge is -2.41. The molecule has 4 heteroatoms. The number of carbonyl (C=O) groups is 1. The van der Waals surface area contributed by atoms with Gasteiger partial charge >= 0.3 is 0 Å². The number of anilines is 1. The van der Waals surface area contributed by atoms with Gasteiger partial charge in [-0.15, -0.1) is 0 Å². The molecule has 2 aromatic rings. The van der Waals surface area contributed by atoms with Crippen molar-refractivity contribution in [3.05, 3.63) is 59.7 Å². The van der Waals surface area contributed by atoms with Crippen LogP contribution in [0.25, 0.3) is 0 Å². The summed E-state index contributed by atoms with van der Waals surface area (Å²) in [5.74, 6) is 2.43. The molecule has 1 heterocycles. The number of amides is 1. The summed E-state index contributed by atoms with van der Waals surface area (Å²) in [6.45, 7) is 6.64. The van der Waals surface area contributed by atoms with Crippen LogP contribution in [-0.2, 0) is 11.2 Å². The van der Waals surface area contributed by atoms with Crippen LogP contribution in [-0.4, -0.2) is 31.6 Å². The summed E-state index contributed by atoms with van der Waals surface area (Å²) in [7, 11) is 0. The number of hydrogen-bond acceptors (Lipinski definition) is 3. The van der Waals surface area contributed by atoms with Crippen LogP contribution < -0.4 is 15.0 Å². The maximum absolute atomic E-state index is 11.1. The molecule has 4 nitrogen and oxygen atoms in total. The van der Waals surface area contributed by atoms with Gasteiger partial charge in [-0.25, -0.2) is 0 Å². The molecule has 1 aliphatic heterocycles. The number of hydrogen-bond donors (Lipinski definition) is 1. The fourth-order valence-corrected chi connectivity index (χ4v) is 3.91. The largest absolute Gasteiger partial charge is 0.493 e. The molecule has 0 bridgehead atoms. The summed E-state index contributed by atoms with van der Waals surface area (Å²) >= 11 is 0. The molecule has 1 atom stereocenters. The van der Waals surface area contributed by atoms with Gasteiger partial charge in [0.25, 0.3) is 0 Å². The average Bonchev–Trinajstić information content (AvgIpc) is 3.49. The van der Waals surface area contributed by atoms with E-state index in [1.165, 1.54) is 29.7 Å². The van der Waals surface area contributed by atoms with Crippen LogP contribution in [0, 0.1) is 5.92 Å². The van der Waals surface area contributed by atoms with Gasteiger partial charge in [-0.1, -0.05) is 24.3 Å². The molecular weight excluding hydrogens is 360 g/mol. The third-order valence-corrected chi connectivity index (χ3v) is 6.03. The van der Waals surface area contributed by atoms with Crippen LogP contribution in [0.2, 0.25) is 0 Å². The second-order valence-electron chi connectivity index (χ2n) is 8.73. The van der Waals surface area contributed by atoms with Crippen LogP contribution in [0.4, 0.5) is 5.69 Å². The third-order valence-electron chi connectivity index (χ3n) is 6.03. The number of carbonyl (C=O) groups excluding carboxylic acids is 1. The Labute approximate surface area is 174 Å². The van der Waals surface area contributed by atoms with Crippen LogP contribution in [0.5, 0.6) is 5.75 Å². The fourth-order valence-electron chi connectivity index (χ4n) is 3.91. The Kier molecular flexibility index (Phi) is 6.08. The Balaban J connectivity index is 1.22. The minimum atomic E-state index is 0.0443. The molecule has 1 aliphatic carbocycles. The van der Waals surface area contributed by atoms with Gasteiger partial charge in [0.2, 0.25) is 5.91 Å². The second kappa shape index (κ2) is 8.89. The van der Waals surface area contributed by atoms with Crippen molar-refractivity contribution < 1.29 is 9.53 Å². The van der Waals surface area contributed by atoms with E-state index >= 15 is 0 Å². The molecule has 1 unspecified atom stereocenters. The fraction of sp³-hybridized carbons (Fsp3) is 0.480. The first kappa shape index (κ1) is 19.8. The monoisotopic (exact) mass is 392 g/mol. The molecule has 2 aliphatic rings.